The molecule has 0 saturated carbocycles. The molecule has 5 nitrogen and oxygen atoms in total. The van der Waals surface area contributed by atoms with Crippen LogP contribution in [-0.2, 0) is 0 Å². The number of carbonyl (C=O) groups excluding carboxylic acids is 2. The zero-order valence-corrected chi connectivity index (χ0v) is 13.9. The van der Waals surface area contributed by atoms with Crippen LogP contribution in [0.15, 0.2) is 12.3 Å². The summed E-state index contributed by atoms with van der Waals surface area (Å²) in [6.07, 6.45) is -0.237. The smallest absolute Gasteiger partial charge is 0.356 e. The molecule has 2 saturated heterocycles. The molecule has 0 unspecified atom stereocenters. The van der Waals surface area contributed by atoms with Gasteiger partial charge in [-0.2, -0.15) is 13.2 Å². The number of nitrogens with one attached hydrogen (secondary N) is 1. The number of piperidine rings is 1. The third kappa shape index (κ3) is 4.23. The van der Waals surface area contributed by atoms with Crippen LogP contribution in [0.25, 0.3) is 0 Å². The number of likely N-dealkylation sites (tertiary alicyclic amines) is 2. The van der Waals surface area contributed by atoms with E-state index in [4.69, 9.17) is 0 Å². The van der Waals surface area contributed by atoms with Crippen molar-refractivity contribution in [1.82, 2.24) is 14.8 Å². The van der Waals surface area contributed by atoms with Crippen LogP contribution in [-0.4, -0.2) is 65.4 Å². The second-order valence-corrected chi connectivity index (χ2v) is 6.84. The van der Waals surface area contributed by atoms with Gasteiger partial charge >= 0.3 is 6.18 Å². The summed E-state index contributed by atoms with van der Waals surface area (Å²) in [6.45, 7) is 1.73. The van der Waals surface area contributed by atoms with E-state index < -0.39 is 12.1 Å². The van der Waals surface area contributed by atoms with E-state index in [1.165, 1.54) is 12.3 Å². The van der Waals surface area contributed by atoms with Crippen molar-refractivity contribution in [3.8, 4) is 0 Å². The molecule has 0 spiro atoms. The van der Waals surface area contributed by atoms with Crippen LogP contribution in [0.5, 0.6) is 0 Å². The number of nitrogens with zero attached hydrogens (tertiary/aromatic N) is 2. The Morgan fingerprint density at radius 1 is 1.16 bits per heavy atom. The van der Waals surface area contributed by atoms with Gasteiger partial charge in [0, 0.05) is 31.4 Å². The van der Waals surface area contributed by atoms with Gasteiger partial charge in [0.25, 0.3) is 5.91 Å². The van der Waals surface area contributed by atoms with Gasteiger partial charge in [-0.1, -0.05) is 0 Å². The largest absolute Gasteiger partial charge is 0.393 e. The lowest BCUT2D eigenvalue weighted by Gasteiger charge is -2.33. The number of aromatic nitrogens is 1. The molecular formula is C17H22F3N3O2. The minimum Gasteiger partial charge on any atom is -0.356 e. The summed E-state index contributed by atoms with van der Waals surface area (Å²) in [7, 11) is 0. The van der Waals surface area contributed by atoms with Crippen LogP contribution in [0.2, 0.25) is 0 Å². The molecule has 1 aromatic rings. The average Bonchev–Trinajstić information content (AvgIpc) is 3.25. The fraction of sp³-hybridized carbons (Fsp3) is 0.647. The van der Waals surface area contributed by atoms with E-state index in [1.54, 1.807) is 9.80 Å². The molecule has 0 aromatic carbocycles. The molecule has 2 fully saturated rings. The molecule has 3 heterocycles. The Morgan fingerprint density at radius 2 is 1.88 bits per heavy atom. The van der Waals surface area contributed by atoms with Crippen LogP contribution in [0, 0.1) is 5.92 Å². The summed E-state index contributed by atoms with van der Waals surface area (Å²) < 4.78 is 38.6. The van der Waals surface area contributed by atoms with Crippen molar-refractivity contribution in [3.05, 3.63) is 23.5 Å². The van der Waals surface area contributed by atoms with Gasteiger partial charge in [-0.3, -0.25) is 14.5 Å². The van der Waals surface area contributed by atoms with Crippen molar-refractivity contribution in [2.45, 2.75) is 31.9 Å². The van der Waals surface area contributed by atoms with Gasteiger partial charge in [0.2, 0.25) is 0 Å². The van der Waals surface area contributed by atoms with Crippen molar-refractivity contribution in [3.63, 3.8) is 0 Å². The van der Waals surface area contributed by atoms with E-state index in [0.717, 1.165) is 12.8 Å². The molecule has 1 aromatic heterocycles. The van der Waals surface area contributed by atoms with Gasteiger partial charge < -0.3 is 9.88 Å². The Hall–Kier alpha value is -1.83. The molecule has 8 heteroatoms. The highest BCUT2D eigenvalue weighted by Gasteiger charge is 2.42. The average molecular weight is 357 g/mol. The number of halogens is 3. The first kappa shape index (κ1) is 18.0. The molecule has 0 bridgehead atoms. The second kappa shape index (κ2) is 7.19. The van der Waals surface area contributed by atoms with Crippen LogP contribution >= 0.6 is 0 Å². The molecule has 1 atom stereocenters. The number of hydrogen-bond acceptors (Lipinski definition) is 3. The molecule has 2 aliphatic rings. The third-order valence-corrected chi connectivity index (χ3v) is 4.96. The van der Waals surface area contributed by atoms with Crippen LogP contribution < -0.4 is 0 Å². The van der Waals surface area contributed by atoms with E-state index >= 15 is 0 Å². The van der Waals surface area contributed by atoms with Gasteiger partial charge in [0.15, 0.2) is 5.78 Å². The standard InChI is InChI=1S/C17H22F3N3O2/c18-17(19,20)13-4-3-5-22(10-13)11-15(24)12-8-14(21-9-12)16(25)23-6-1-2-7-23/h8-9,13,21H,1-7,10-11H2/t13-/m1/s1. The Kier molecular flexibility index (Phi) is 5.17. The SMILES string of the molecule is O=C(CN1CCC[C@@H](C(F)(F)F)C1)c1c[nH]c(C(=O)N2CCCC2)c1. The highest BCUT2D eigenvalue weighted by molar-refractivity contribution is 6.01. The lowest BCUT2D eigenvalue weighted by atomic mass is 9.97. The highest BCUT2D eigenvalue weighted by Crippen LogP contribution is 2.33. The molecule has 0 radical (unpaired) electrons. The van der Waals surface area contributed by atoms with Gasteiger partial charge in [0.05, 0.1) is 12.5 Å². The van der Waals surface area contributed by atoms with Crippen LogP contribution in [0.1, 0.15) is 46.5 Å². The molecule has 1 amide bonds. The quantitative estimate of drug-likeness (QED) is 0.843. The number of amides is 1. The predicted molar refractivity (Wildman–Crippen MR) is 85.5 cm³/mol. The van der Waals surface area contributed by atoms with Gasteiger partial charge in [-0.25, -0.2) is 0 Å². The minimum atomic E-state index is -4.22. The topological polar surface area (TPSA) is 56.4 Å². The number of alkyl halides is 3. The Bertz CT molecular complexity index is 635. The molecule has 2 aliphatic heterocycles. The third-order valence-electron chi connectivity index (χ3n) is 4.96. The first-order chi connectivity index (χ1) is 11.8. The van der Waals surface area contributed by atoms with Crippen molar-refractivity contribution in [2.24, 2.45) is 5.92 Å². The van der Waals surface area contributed by atoms with E-state index in [2.05, 4.69) is 4.98 Å². The first-order valence-corrected chi connectivity index (χ1v) is 8.64. The Labute approximate surface area is 144 Å². The Morgan fingerprint density at radius 3 is 2.56 bits per heavy atom. The molecular weight excluding hydrogens is 335 g/mol. The van der Waals surface area contributed by atoms with E-state index in [1.807, 2.05) is 0 Å². The number of rotatable bonds is 4. The monoisotopic (exact) mass is 357 g/mol. The van der Waals surface area contributed by atoms with Crippen molar-refractivity contribution >= 4 is 11.7 Å². The van der Waals surface area contributed by atoms with Crippen LogP contribution in [0.4, 0.5) is 13.2 Å². The Balaban J connectivity index is 1.59. The summed E-state index contributed by atoms with van der Waals surface area (Å²) in [4.78, 5) is 30.7. The van der Waals surface area contributed by atoms with Crippen molar-refractivity contribution in [2.75, 3.05) is 32.7 Å². The zero-order chi connectivity index (χ0) is 18.0. The highest BCUT2D eigenvalue weighted by atomic mass is 19.4. The molecule has 1 N–H and O–H groups in total. The molecule has 138 valence electrons. The number of Topliss-reactive ketones (excluding diaryl/α,β-unsaturated/α-hetero) is 1. The molecule has 0 aliphatic carbocycles. The van der Waals surface area contributed by atoms with Crippen LogP contribution in [0.3, 0.4) is 0 Å². The summed E-state index contributed by atoms with van der Waals surface area (Å²) in [5.74, 6) is -1.77. The maximum atomic E-state index is 12.9. The van der Waals surface area contributed by atoms with Crippen molar-refractivity contribution < 1.29 is 22.8 Å². The van der Waals surface area contributed by atoms with E-state index in [0.29, 0.717) is 37.3 Å². The number of carbonyl (C=O) groups is 2. The normalized spacial score (nSPS) is 22.4. The molecule has 25 heavy (non-hydrogen) atoms. The number of hydrogen-bond donors (Lipinski definition) is 1. The lowest BCUT2D eigenvalue weighted by Crippen LogP contribution is -2.43. The van der Waals surface area contributed by atoms with Gasteiger partial charge in [-0.15, -0.1) is 0 Å². The summed E-state index contributed by atoms with van der Waals surface area (Å²) in [6, 6.07) is 1.51. The summed E-state index contributed by atoms with van der Waals surface area (Å²) >= 11 is 0. The van der Waals surface area contributed by atoms with Gasteiger partial charge in [-0.05, 0) is 38.3 Å². The fourth-order valence-electron chi connectivity index (χ4n) is 3.53. The second-order valence-electron chi connectivity index (χ2n) is 6.84. The lowest BCUT2D eigenvalue weighted by molar-refractivity contribution is -0.186. The van der Waals surface area contributed by atoms with Crippen molar-refractivity contribution in [1.29, 1.82) is 0 Å². The number of H-pyrrole nitrogens is 1. The zero-order valence-electron chi connectivity index (χ0n) is 13.9. The predicted octanol–water partition coefficient (Wildman–Crippen LogP) is 2.71. The van der Waals surface area contributed by atoms with E-state index in [9.17, 15) is 22.8 Å². The summed E-state index contributed by atoms with van der Waals surface area (Å²) in [5, 5.41) is 0. The number of aromatic amines is 1. The maximum Gasteiger partial charge on any atom is 0.393 e. The summed E-state index contributed by atoms with van der Waals surface area (Å²) in [5.41, 5.74) is 0.703. The molecule has 3 rings (SSSR count). The fourth-order valence-corrected chi connectivity index (χ4v) is 3.53. The first-order valence-electron chi connectivity index (χ1n) is 8.64. The maximum absolute atomic E-state index is 12.9. The minimum absolute atomic E-state index is 0.0538. The van der Waals surface area contributed by atoms with E-state index in [-0.39, 0.29) is 31.2 Å². The van der Waals surface area contributed by atoms with Gasteiger partial charge in [0.1, 0.15) is 5.69 Å². The number of ketones is 1.